The number of aryl methyl sites for hydroxylation is 1. The van der Waals surface area contributed by atoms with Crippen LogP contribution in [-0.2, 0) is 6.42 Å². The molecule has 0 saturated carbocycles. The van der Waals surface area contributed by atoms with E-state index in [4.69, 9.17) is 0 Å². The monoisotopic (exact) mass is 203 g/mol. The van der Waals surface area contributed by atoms with Crippen LogP contribution in [0.4, 0.5) is 0 Å². The van der Waals surface area contributed by atoms with Crippen molar-refractivity contribution in [2.75, 3.05) is 6.54 Å². The number of benzene rings is 1. The van der Waals surface area contributed by atoms with Crippen molar-refractivity contribution in [3.8, 4) is 0 Å². The largest absolute Gasteiger partial charge is 0.314 e. The van der Waals surface area contributed by atoms with Gasteiger partial charge < -0.3 is 5.32 Å². The molecule has 1 aromatic carbocycles. The van der Waals surface area contributed by atoms with Crippen molar-refractivity contribution in [2.24, 2.45) is 5.92 Å². The van der Waals surface area contributed by atoms with E-state index in [9.17, 15) is 0 Å². The van der Waals surface area contributed by atoms with Crippen molar-refractivity contribution in [3.63, 3.8) is 0 Å². The van der Waals surface area contributed by atoms with Crippen LogP contribution in [0.3, 0.4) is 0 Å². The minimum Gasteiger partial charge on any atom is -0.314 e. The highest BCUT2D eigenvalue weighted by Gasteiger charge is 2.17. The molecule has 0 aliphatic carbocycles. The van der Waals surface area contributed by atoms with Crippen LogP contribution in [0, 0.1) is 12.8 Å². The van der Waals surface area contributed by atoms with Crippen LogP contribution in [0.15, 0.2) is 24.3 Å². The highest BCUT2D eigenvalue weighted by atomic mass is 14.9. The van der Waals surface area contributed by atoms with Gasteiger partial charge >= 0.3 is 0 Å². The first-order chi connectivity index (χ1) is 7.24. The number of rotatable bonds is 2. The molecule has 1 saturated heterocycles. The molecular formula is C14H21N. The Morgan fingerprint density at radius 1 is 1.33 bits per heavy atom. The highest BCUT2D eigenvalue weighted by Crippen LogP contribution is 2.19. The van der Waals surface area contributed by atoms with Gasteiger partial charge in [0.05, 0.1) is 0 Å². The molecule has 0 amide bonds. The van der Waals surface area contributed by atoms with Crippen molar-refractivity contribution in [1.82, 2.24) is 5.32 Å². The second-order valence-corrected chi connectivity index (χ2v) is 4.95. The smallest absolute Gasteiger partial charge is 0.00389 e. The van der Waals surface area contributed by atoms with Gasteiger partial charge in [0.15, 0.2) is 0 Å². The van der Waals surface area contributed by atoms with Gasteiger partial charge in [0.1, 0.15) is 0 Å². The maximum atomic E-state index is 3.57. The molecule has 1 aliphatic rings. The predicted molar refractivity (Wildman–Crippen MR) is 65.1 cm³/mol. The summed E-state index contributed by atoms with van der Waals surface area (Å²) in [6.45, 7) is 5.64. The molecule has 0 spiro atoms. The number of hydrogen-bond donors (Lipinski definition) is 1. The first-order valence-corrected chi connectivity index (χ1v) is 6.03. The Kier molecular flexibility index (Phi) is 3.42. The lowest BCUT2D eigenvalue weighted by Crippen LogP contribution is -2.37. The molecule has 1 heterocycles. The van der Waals surface area contributed by atoms with E-state index in [2.05, 4.69) is 43.4 Å². The van der Waals surface area contributed by atoms with Gasteiger partial charge in [-0.15, -0.1) is 0 Å². The summed E-state index contributed by atoms with van der Waals surface area (Å²) in [6.07, 6.45) is 3.94. The Labute approximate surface area is 92.9 Å². The molecule has 1 fully saturated rings. The molecular weight excluding hydrogens is 182 g/mol. The van der Waals surface area contributed by atoms with Crippen LogP contribution in [-0.4, -0.2) is 12.6 Å². The highest BCUT2D eigenvalue weighted by molar-refractivity contribution is 5.22. The van der Waals surface area contributed by atoms with E-state index in [1.54, 1.807) is 0 Å². The molecule has 2 rings (SSSR count). The van der Waals surface area contributed by atoms with E-state index in [1.165, 1.54) is 36.9 Å². The topological polar surface area (TPSA) is 12.0 Å². The summed E-state index contributed by atoms with van der Waals surface area (Å²) in [5.41, 5.74) is 2.88. The van der Waals surface area contributed by atoms with Crippen LogP contribution in [0.5, 0.6) is 0 Å². The quantitative estimate of drug-likeness (QED) is 0.779. The Morgan fingerprint density at radius 3 is 2.87 bits per heavy atom. The fraction of sp³-hybridized carbons (Fsp3) is 0.571. The summed E-state index contributed by atoms with van der Waals surface area (Å²) < 4.78 is 0. The third-order valence-electron chi connectivity index (χ3n) is 3.37. The zero-order chi connectivity index (χ0) is 10.7. The lowest BCUT2D eigenvalue weighted by Gasteiger charge is -2.27. The molecule has 0 aromatic heterocycles. The Bertz CT molecular complexity index is 311. The lowest BCUT2D eigenvalue weighted by atomic mass is 9.89. The molecule has 82 valence electrons. The van der Waals surface area contributed by atoms with Gasteiger partial charge in [0.2, 0.25) is 0 Å². The molecule has 0 radical (unpaired) electrons. The van der Waals surface area contributed by atoms with Crippen LogP contribution in [0.2, 0.25) is 0 Å². The molecule has 1 aliphatic heterocycles. The van der Waals surface area contributed by atoms with E-state index in [0.29, 0.717) is 0 Å². The predicted octanol–water partition coefficient (Wildman–Crippen LogP) is 2.93. The normalized spacial score (nSPS) is 26.5. The van der Waals surface area contributed by atoms with Crippen LogP contribution < -0.4 is 5.32 Å². The molecule has 1 aromatic rings. The zero-order valence-electron chi connectivity index (χ0n) is 9.79. The summed E-state index contributed by atoms with van der Waals surface area (Å²) in [4.78, 5) is 0. The van der Waals surface area contributed by atoms with Gasteiger partial charge in [-0.2, -0.15) is 0 Å². The second kappa shape index (κ2) is 4.80. The summed E-state index contributed by atoms with van der Waals surface area (Å²) in [5.74, 6) is 0.836. The molecule has 1 N–H and O–H groups in total. The average Bonchev–Trinajstić information content (AvgIpc) is 2.22. The Morgan fingerprint density at radius 2 is 2.20 bits per heavy atom. The fourth-order valence-electron chi connectivity index (χ4n) is 2.40. The molecule has 1 heteroatoms. The van der Waals surface area contributed by atoms with Gasteiger partial charge in [-0.1, -0.05) is 29.8 Å². The molecule has 2 unspecified atom stereocenters. The molecule has 2 atom stereocenters. The molecule has 0 bridgehead atoms. The SMILES string of the molecule is Cc1cccc(CC2CCC(C)NC2)c1. The van der Waals surface area contributed by atoms with E-state index in [0.717, 1.165) is 12.0 Å². The third kappa shape index (κ3) is 3.07. The summed E-state index contributed by atoms with van der Waals surface area (Å²) in [7, 11) is 0. The van der Waals surface area contributed by atoms with Crippen molar-refractivity contribution in [3.05, 3.63) is 35.4 Å². The lowest BCUT2D eigenvalue weighted by molar-refractivity contribution is 0.322. The van der Waals surface area contributed by atoms with Gasteiger partial charge in [-0.3, -0.25) is 0 Å². The van der Waals surface area contributed by atoms with Gasteiger partial charge in [-0.25, -0.2) is 0 Å². The fourth-order valence-corrected chi connectivity index (χ4v) is 2.40. The second-order valence-electron chi connectivity index (χ2n) is 4.95. The third-order valence-corrected chi connectivity index (χ3v) is 3.37. The van der Waals surface area contributed by atoms with Crippen LogP contribution in [0.25, 0.3) is 0 Å². The van der Waals surface area contributed by atoms with Gasteiger partial charge in [-0.05, 0) is 51.1 Å². The first-order valence-electron chi connectivity index (χ1n) is 6.03. The maximum absolute atomic E-state index is 3.57. The van der Waals surface area contributed by atoms with Crippen LogP contribution >= 0.6 is 0 Å². The number of nitrogens with one attached hydrogen (secondary N) is 1. The minimum atomic E-state index is 0.721. The average molecular weight is 203 g/mol. The van der Waals surface area contributed by atoms with Crippen LogP contribution in [0.1, 0.15) is 30.9 Å². The Hall–Kier alpha value is -0.820. The summed E-state index contributed by atoms with van der Waals surface area (Å²) in [5, 5.41) is 3.57. The van der Waals surface area contributed by atoms with Gasteiger partial charge in [0.25, 0.3) is 0 Å². The maximum Gasteiger partial charge on any atom is 0.00389 e. The summed E-state index contributed by atoms with van der Waals surface area (Å²) in [6, 6.07) is 9.64. The van der Waals surface area contributed by atoms with E-state index < -0.39 is 0 Å². The first kappa shape index (κ1) is 10.7. The van der Waals surface area contributed by atoms with Crippen molar-refractivity contribution in [1.29, 1.82) is 0 Å². The Balaban J connectivity index is 1.92. The molecule has 15 heavy (non-hydrogen) atoms. The van der Waals surface area contributed by atoms with E-state index >= 15 is 0 Å². The van der Waals surface area contributed by atoms with Crippen molar-refractivity contribution < 1.29 is 0 Å². The van der Waals surface area contributed by atoms with Crippen molar-refractivity contribution in [2.45, 2.75) is 39.2 Å². The number of piperidine rings is 1. The van der Waals surface area contributed by atoms with Gasteiger partial charge in [0, 0.05) is 6.04 Å². The molecule has 1 nitrogen and oxygen atoms in total. The van der Waals surface area contributed by atoms with E-state index in [-0.39, 0.29) is 0 Å². The summed E-state index contributed by atoms with van der Waals surface area (Å²) >= 11 is 0. The standard InChI is InChI=1S/C14H21N/c1-11-4-3-5-13(8-11)9-14-7-6-12(2)15-10-14/h3-5,8,12,14-15H,6-7,9-10H2,1-2H3. The van der Waals surface area contributed by atoms with E-state index in [1.807, 2.05) is 0 Å². The minimum absolute atomic E-state index is 0.721. The number of hydrogen-bond acceptors (Lipinski definition) is 1. The zero-order valence-corrected chi connectivity index (χ0v) is 9.79. The van der Waals surface area contributed by atoms with Crippen molar-refractivity contribution >= 4 is 0 Å².